The number of carbonyl (C=O) groups excluding carboxylic acids is 1. The molecule has 0 aliphatic carbocycles. The molecule has 0 saturated carbocycles. The molecule has 1 amide bonds. The number of hydrogen-bond acceptors (Lipinski definition) is 5. The number of fused-ring (bicyclic) bond motifs is 2. The summed E-state index contributed by atoms with van der Waals surface area (Å²) in [6.07, 6.45) is 0. The van der Waals surface area contributed by atoms with Crippen molar-refractivity contribution >= 4 is 11.6 Å². The molecule has 140 valence electrons. The van der Waals surface area contributed by atoms with Crippen LogP contribution < -0.4 is 15.4 Å². The Labute approximate surface area is 156 Å². The molecule has 2 N–H and O–H groups in total. The summed E-state index contributed by atoms with van der Waals surface area (Å²) in [5.74, 6) is -0.275. The topological polar surface area (TPSA) is 93.5 Å². The number of ether oxygens (including phenoxy) is 1. The van der Waals surface area contributed by atoms with Gasteiger partial charge in [0.05, 0.1) is 12.5 Å². The van der Waals surface area contributed by atoms with Crippen LogP contribution >= 0.6 is 0 Å². The average molecular weight is 367 g/mol. The van der Waals surface area contributed by atoms with E-state index in [-0.39, 0.29) is 16.9 Å². The monoisotopic (exact) mass is 367 g/mol. The Kier molecular flexibility index (Phi) is 4.11. The van der Waals surface area contributed by atoms with Crippen LogP contribution in [0.15, 0.2) is 48.5 Å². The van der Waals surface area contributed by atoms with Crippen LogP contribution in [0.2, 0.25) is 0 Å². The number of benzene rings is 2. The van der Waals surface area contributed by atoms with Crippen LogP contribution in [0.1, 0.15) is 30.9 Å². The van der Waals surface area contributed by atoms with Crippen molar-refractivity contribution in [3.8, 4) is 5.75 Å². The van der Waals surface area contributed by atoms with Gasteiger partial charge >= 0.3 is 0 Å². The Bertz CT molecular complexity index is 916. The summed E-state index contributed by atoms with van der Waals surface area (Å²) < 4.78 is 5.72. The Balaban J connectivity index is 1.90. The van der Waals surface area contributed by atoms with Crippen molar-refractivity contribution in [3.05, 3.63) is 69.8 Å². The number of carbonyl (C=O) groups is 1. The van der Waals surface area contributed by atoms with Crippen LogP contribution in [-0.4, -0.2) is 29.5 Å². The molecule has 0 bridgehead atoms. The number of nitro groups is 1. The SMILES string of the molecule is CCOc1ccccc1[C@@H]1[C@H](C)N[C@@]2(C(=O)Nc3ccccc32)[C@H]1[N+](=O)[O-]. The fourth-order valence-corrected chi connectivity index (χ4v) is 4.56. The lowest BCUT2D eigenvalue weighted by Gasteiger charge is -2.26. The van der Waals surface area contributed by atoms with Crippen LogP contribution in [-0.2, 0) is 10.3 Å². The molecule has 7 nitrogen and oxygen atoms in total. The third-order valence-electron chi connectivity index (χ3n) is 5.54. The minimum absolute atomic E-state index is 0.293. The van der Waals surface area contributed by atoms with E-state index in [2.05, 4.69) is 10.6 Å². The highest BCUT2D eigenvalue weighted by Crippen LogP contribution is 2.50. The number of hydrogen-bond donors (Lipinski definition) is 2. The number of rotatable bonds is 4. The zero-order chi connectivity index (χ0) is 19.2. The van der Waals surface area contributed by atoms with Gasteiger partial charge in [-0.1, -0.05) is 36.4 Å². The highest BCUT2D eigenvalue weighted by molar-refractivity contribution is 6.07. The lowest BCUT2D eigenvalue weighted by molar-refractivity contribution is -0.532. The highest BCUT2D eigenvalue weighted by atomic mass is 16.6. The van der Waals surface area contributed by atoms with Crippen LogP contribution in [0.5, 0.6) is 5.75 Å². The molecule has 0 aromatic heterocycles. The summed E-state index contributed by atoms with van der Waals surface area (Å²) in [6.45, 7) is 4.22. The second-order valence-corrected chi connectivity index (χ2v) is 6.97. The molecular weight excluding hydrogens is 346 g/mol. The van der Waals surface area contributed by atoms with E-state index in [1.807, 2.05) is 38.1 Å². The van der Waals surface area contributed by atoms with Gasteiger partial charge in [-0.2, -0.15) is 0 Å². The normalized spacial score (nSPS) is 28.8. The molecule has 1 saturated heterocycles. The van der Waals surface area contributed by atoms with Crippen molar-refractivity contribution in [2.75, 3.05) is 11.9 Å². The molecule has 2 aliphatic rings. The van der Waals surface area contributed by atoms with Crippen LogP contribution in [0, 0.1) is 10.1 Å². The van der Waals surface area contributed by atoms with Crippen molar-refractivity contribution in [1.29, 1.82) is 0 Å². The Morgan fingerprint density at radius 1 is 1.19 bits per heavy atom. The molecule has 2 aromatic carbocycles. The molecule has 2 heterocycles. The molecule has 27 heavy (non-hydrogen) atoms. The zero-order valence-corrected chi connectivity index (χ0v) is 15.1. The van der Waals surface area contributed by atoms with E-state index in [0.717, 1.165) is 5.56 Å². The third-order valence-corrected chi connectivity index (χ3v) is 5.54. The Hall–Kier alpha value is -2.93. The second kappa shape index (κ2) is 6.35. The Morgan fingerprint density at radius 3 is 2.63 bits per heavy atom. The third kappa shape index (κ3) is 2.42. The minimum Gasteiger partial charge on any atom is -0.494 e. The van der Waals surface area contributed by atoms with E-state index in [0.29, 0.717) is 23.6 Å². The van der Waals surface area contributed by atoms with Gasteiger partial charge in [0, 0.05) is 27.8 Å². The van der Waals surface area contributed by atoms with E-state index in [1.165, 1.54) is 0 Å². The van der Waals surface area contributed by atoms with Crippen LogP contribution in [0.25, 0.3) is 0 Å². The first kappa shape index (κ1) is 17.5. The molecule has 2 aliphatic heterocycles. The maximum Gasteiger partial charge on any atom is 0.256 e. The first-order valence-corrected chi connectivity index (χ1v) is 9.04. The fraction of sp³-hybridized carbons (Fsp3) is 0.350. The average Bonchev–Trinajstić information content (AvgIpc) is 3.11. The van der Waals surface area contributed by atoms with E-state index < -0.39 is 17.5 Å². The molecule has 1 spiro atoms. The van der Waals surface area contributed by atoms with Gasteiger partial charge in [0.25, 0.3) is 11.9 Å². The van der Waals surface area contributed by atoms with Gasteiger partial charge in [0.2, 0.25) is 0 Å². The standard InChI is InChI=1S/C20H21N3O4/c1-3-27-16-11-7-4-8-13(16)17-12(2)22-20(18(17)23(25)26)14-9-5-6-10-15(14)21-19(20)24/h4-12,17-18,22H,3H2,1-2H3,(H,21,24)/t12-,17-,18-,20+/m0/s1. The van der Waals surface area contributed by atoms with Gasteiger partial charge < -0.3 is 10.1 Å². The van der Waals surface area contributed by atoms with E-state index in [9.17, 15) is 14.9 Å². The van der Waals surface area contributed by atoms with E-state index in [4.69, 9.17) is 4.74 Å². The van der Waals surface area contributed by atoms with Gasteiger partial charge in [0.1, 0.15) is 5.75 Å². The van der Waals surface area contributed by atoms with Gasteiger partial charge in [-0.05, 0) is 26.0 Å². The summed E-state index contributed by atoms with van der Waals surface area (Å²) >= 11 is 0. The van der Waals surface area contributed by atoms with Crippen LogP contribution in [0.4, 0.5) is 5.69 Å². The minimum atomic E-state index is -1.40. The zero-order valence-electron chi connectivity index (χ0n) is 15.1. The van der Waals surface area contributed by atoms with Crippen molar-refractivity contribution < 1.29 is 14.5 Å². The van der Waals surface area contributed by atoms with Gasteiger partial charge in [-0.15, -0.1) is 0 Å². The highest BCUT2D eigenvalue weighted by Gasteiger charge is 2.67. The summed E-state index contributed by atoms with van der Waals surface area (Å²) in [5.41, 5.74) is 0.589. The fourth-order valence-electron chi connectivity index (χ4n) is 4.56. The number of nitrogens with one attached hydrogen (secondary N) is 2. The molecule has 4 atom stereocenters. The molecule has 4 rings (SSSR count). The first-order chi connectivity index (χ1) is 13.0. The lowest BCUT2D eigenvalue weighted by Crippen LogP contribution is -2.54. The molecule has 0 radical (unpaired) electrons. The summed E-state index contributed by atoms with van der Waals surface area (Å²) in [5, 5.41) is 18.3. The Morgan fingerprint density at radius 2 is 1.89 bits per heavy atom. The van der Waals surface area contributed by atoms with Crippen molar-refractivity contribution in [1.82, 2.24) is 5.32 Å². The van der Waals surface area contributed by atoms with Gasteiger partial charge in [-0.3, -0.25) is 20.2 Å². The van der Waals surface area contributed by atoms with E-state index >= 15 is 0 Å². The number of para-hydroxylation sites is 2. The molecular formula is C20H21N3O4. The second-order valence-electron chi connectivity index (χ2n) is 6.97. The molecule has 7 heteroatoms. The summed E-state index contributed by atoms with van der Waals surface area (Å²) in [6, 6.07) is 13.1. The van der Waals surface area contributed by atoms with Crippen LogP contribution in [0.3, 0.4) is 0 Å². The summed E-state index contributed by atoms with van der Waals surface area (Å²) in [7, 11) is 0. The first-order valence-electron chi connectivity index (χ1n) is 9.04. The number of anilines is 1. The predicted octanol–water partition coefficient (Wildman–Crippen LogP) is 2.65. The van der Waals surface area contributed by atoms with Crippen molar-refractivity contribution in [3.63, 3.8) is 0 Å². The quantitative estimate of drug-likeness (QED) is 0.640. The molecule has 0 unspecified atom stereocenters. The van der Waals surface area contributed by atoms with E-state index in [1.54, 1.807) is 24.3 Å². The predicted molar refractivity (Wildman–Crippen MR) is 100 cm³/mol. The number of amides is 1. The largest absolute Gasteiger partial charge is 0.494 e. The van der Waals surface area contributed by atoms with Gasteiger partial charge in [-0.25, -0.2) is 0 Å². The maximum absolute atomic E-state index is 13.0. The summed E-state index contributed by atoms with van der Waals surface area (Å²) in [4.78, 5) is 24.9. The van der Waals surface area contributed by atoms with Gasteiger partial charge in [0.15, 0.2) is 5.54 Å². The molecule has 1 fully saturated rings. The molecule has 2 aromatic rings. The lowest BCUT2D eigenvalue weighted by atomic mass is 9.78. The van der Waals surface area contributed by atoms with Crippen molar-refractivity contribution in [2.24, 2.45) is 0 Å². The smallest absolute Gasteiger partial charge is 0.256 e. The van der Waals surface area contributed by atoms with Crippen molar-refractivity contribution in [2.45, 2.75) is 37.4 Å². The maximum atomic E-state index is 13.0. The number of nitrogens with zero attached hydrogens (tertiary/aromatic N) is 1.